The number of carboxylic acids is 1. The highest BCUT2D eigenvalue weighted by atomic mass is 32.2. The topological polar surface area (TPSA) is 164 Å². The summed E-state index contributed by atoms with van der Waals surface area (Å²) >= 11 is 1.29. The Morgan fingerprint density at radius 3 is 2.63 bits per heavy atom. The molecule has 2 saturated heterocycles. The summed E-state index contributed by atoms with van der Waals surface area (Å²) in [6.07, 6.45) is -0.553. The lowest BCUT2D eigenvalue weighted by Gasteiger charge is -2.43. The second-order valence-electron chi connectivity index (χ2n) is 8.74. The zero-order valence-electron chi connectivity index (χ0n) is 19.2. The smallest absolute Gasteiger partial charge is 0.410 e. The molecule has 2 aliphatic rings. The Hall–Kier alpha value is -3.61. The van der Waals surface area contributed by atoms with E-state index in [1.165, 1.54) is 28.8 Å². The number of rotatable bonds is 7. The fraction of sp³-hybridized carbons (Fsp3) is 0.455. The maximum Gasteiger partial charge on any atom is 0.410 e. The summed E-state index contributed by atoms with van der Waals surface area (Å²) in [6, 6.07) is 4.03. The molecule has 2 aromatic rings. The van der Waals surface area contributed by atoms with Gasteiger partial charge in [-0.2, -0.15) is 0 Å². The zero-order chi connectivity index (χ0) is 25.7. The fourth-order valence-electron chi connectivity index (χ4n) is 4.53. The number of fused-ring (bicyclic) bond motifs is 2. The molecule has 2 aliphatic heterocycles. The Balaban J connectivity index is 1.54. The van der Waals surface area contributed by atoms with Gasteiger partial charge in [-0.3, -0.25) is 9.59 Å². The van der Waals surface area contributed by atoms with Crippen molar-refractivity contribution in [3.05, 3.63) is 45.8 Å². The molecule has 0 unspecified atom stereocenters. The van der Waals surface area contributed by atoms with Crippen LogP contribution in [0, 0.1) is 10.1 Å². The zero-order valence-corrected chi connectivity index (χ0v) is 20.0. The number of nitrogens with one attached hydrogen (secondary N) is 1. The van der Waals surface area contributed by atoms with E-state index in [9.17, 15) is 34.4 Å². The van der Waals surface area contributed by atoms with E-state index in [4.69, 9.17) is 4.74 Å². The molecule has 2 N–H and O–H groups in total. The highest BCUT2D eigenvalue weighted by Gasteiger charge is 2.64. The number of nitrogens with zero attached hydrogens (tertiary/aromatic N) is 3. The maximum absolute atomic E-state index is 13.0. The van der Waals surface area contributed by atoms with Crippen molar-refractivity contribution in [3.8, 4) is 0 Å². The average Bonchev–Trinajstić information content (AvgIpc) is 3.06. The van der Waals surface area contributed by atoms with E-state index in [1.807, 2.05) is 0 Å². The highest BCUT2D eigenvalue weighted by Crippen LogP contribution is 2.50. The highest BCUT2D eigenvalue weighted by molar-refractivity contribution is 8.01. The van der Waals surface area contributed by atoms with Gasteiger partial charge in [0.25, 0.3) is 5.52 Å². The van der Waals surface area contributed by atoms with Gasteiger partial charge in [-0.05, 0) is 26.8 Å². The van der Waals surface area contributed by atoms with Crippen molar-refractivity contribution in [2.24, 2.45) is 0 Å². The SMILES string of the molecule is CCOC(=O)c1c(CCC(=O)N[C@@H]2C(=O)N3[C@@H]2SC(C)(C)[C@@H]3C(=O)O)n([O-])c2ccccc2[n+]1=O. The van der Waals surface area contributed by atoms with E-state index in [-0.39, 0.29) is 36.2 Å². The van der Waals surface area contributed by atoms with Crippen LogP contribution in [0.3, 0.4) is 0 Å². The van der Waals surface area contributed by atoms with Crippen molar-refractivity contribution >= 4 is 46.5 Å². The summed E-state index contributed by atoms with van der Waals surface area (Å²) in [4.78, 5) is 63.5. The number of hydrogen-bond donors (Lipinski definition) is 2. The van der Waals surface area contributed by atoms with Gasteiger partial charge in [-0.15, -0.1) is 11.8 Å². The molecule has 0 radical (unpaired) electrons. The third-order valence-corrected chi connectivity index (χ3v) is 7.66. The Morgan fingerprint density at radius 1 is 1.29 bits per heavy atom. The Kier molecular flexibility index (Phi) is 6.21. The number of aliphatic carboxylic acids is 1. The molecule has 4 rings (SSSR count). The van der Waals surface area contributed by atoms with Crippen LogP contribution in [0.1, 0.15) is 43.4 Å². The summed E-state index contributed by atoms with van der Waals surface area (Å²) in [7, 11) is 0. The van der Waals surface area contributed by atoms with Crippen LogP contribution in [0.5, 0.6) is 0 Å². The molecule has 1 aromatic heterocycles. The van der Waals surface area contributed by atoms with Gasteiger partial charge in [-0.1, -0.05) is 12.1 Å². The summed E-state index contributed by atoms with van der Waals surface area (Å²) < 4.78 is 4.97. The number of para-hydroxylation sites is 2. The van der Waals surface area contributed by atoms with Crippen LogP contribution < -0.4 is 9.74 Å². The summed E-state index contributed by atoms with van der Waals surface area (Å²) in [5, 5.41) is 24.6. The second kappa shape index (κ2) is 8.87. The molecule has 0 saturated carbocycles. The number of carboxylic acid groups (broad SMARTS) is 1. The minimum absolute atomic E-state index is 0.0164. The first kappa shape index (κ1) is 24.5. The van der Waals surface area contributed by atoms with Crippen LogP contribution in [0.2, 0.25) is 0 Å². The third-order valence-electron chi connectivity index (χ3n) is 6.09. The van der Waals surface area contributed by atoms with Crippen LogP contribution >= 0.6 is 11.8 Å². The first-order chi connectivity index (χ1) is 16.5. The van der Waals surface area contributed by atoms with Crippen molar-refractivity contribution in [3.63, 3.8) is 0 Å². The van der Waals surface area contributed by atoms with Crippen LogP contribution in [0.25, 0.3) is 11.0 Å². The number of benzene rings is 1. The first-order valence-electron chi connectivity index (χ1n) is 11.0. The molecule has 3 heterocycles. The number of hydrogen-bond acceptors (Lipinski definition) is 8. The van der Waals surface area contributed by atoms with Crippen LogP contribution in [0.4, 0.5) is 0 Å². The van der Waals surface area contributed by atoms with E-state index >= 15 is 0 Å². The van der Waals surface area contributed by atoms with Gasteiger partial charge in [0.1, 0.15) is 23.0 Å². The second-order valence-corrected chi connectivity index (χ2v) is 10.5. The quantitative estimate of drug-likeness (QED) is 0.313. The summed E-state index contributed by atoms with van der Waals surface area (Å²) in [5.74, 6) is -3.18. The monoisotopic (exact) mass is 504 g/mol. The van der Waals surface area contributed by atoms with E-state index in [1.54, 1.807) is 32.9 Å². The summed E-state index contributed by atoms with van der Waals surface area (Å²) in [6.45, 7) is 4.99. The van der Waals surface area contributed by atoms with Crippen molar-refractivity contribution in [1.29, 1.82) is 0 Å². The lowest BCUT2D eigenvalue weighted by molar-refractivity contribution is -0.469. The molecule has 0 aliphatic carbocycles. The van der Waals surface area contributed by atoms with Gasteiger partial charge in [-0.25, -0.2) is 9.59 Å². The van der Waals surface area contributed by atoms with Gasteiger partial charge < -0.3 is 30.0 Å². The molecule has 35 heavy (non-hydrogen) atoms. The standard InChI is InChI=1S/C22H24N4O8S/c1-4-34-21(31)16-13(25(32)11-7-5-6-8-12(11)26(16)33)9-10-14(27)23-15-18(28)24-17(20(29)30)22(2,3)35-19(15)24/h5-8,15,17,19H,4,9-10H2,1-3H3,(H,23,27)(H,29,30)/t15-,17+,19-/m1/s1. The van der Waals surface area contributed by atoms with Gasteiger partial charge in [0.05, 0.1) is 16.7 Å². The fourth-order valence-corrected chi connectivity index (χ4v) is 6.16. The predicted octanol–water partition coefficient (Wildman–Crippen LogP) is 0.643. The molecular formula is C22H24N4O8S. The number of β-lactam (4-membered cyclic amide) rings is 1. The minimum Gasteiger partial charge on any atom is -0.805 e. The van der Waals surface area contributed by atoms with Crippen LogP contribution in [-0.2, 0) is 25.5 Å². The van der Waals surface area contributed by atoms with E-state index in [0.29, 0.717) is 9.16 Å². The molecule has 2 fully saturated rings. The van der Waals surface area contributed by atoms with Gasteiger partial charge in [0, 0.05) is 28.6 Å². The number of ether oxygens (including phenoxy) is 1. The molecule has 0 bridgehead atoms. The number of thioether (sulfide) groups is 1. The molecular weight excluding hydrogens is 480 g/mol. The van der Waals surface area contributed by atoms with E-state index < -0.39 is 51.7 Å². The normalized spacial score (nSPS) is 22.4. The molecule has 1 aromatic carbocycles. The molecule has 2 amide bonds. The first-order valence-corrected chi connectivity index (χ1v) is 11.8. The average molecular weight is 505 g/mol. The van der Waals surface area contributed by atoms with Crippen molar-refractivity contribution < 1.29 is 33.4 Å². The minimum atomic E-state index is -1.11. The number of aromatic nitrogens is 2. The maximum atomic E-state index is 13.0. The lowest BCUT2D eigenvalue weighted by Crippen LogP contribution is -2.70. The molecule has 13 heteroatoms. The van der Waals surface area contributed by atoms with Crippen molar-refractivity contribution in [2.75, 3.05) is 6.61 Å². The third kappa shape index (κ3) is 3.99. The molecule has 3 atom stereocenters. The Bertz CT molecular complexity index is 1310. The number of esters is 1. The van der Waals surface area contributed by atoms with Gasteiger partial charge in [0.15, 0.2) is 0 Å². The number of carbonyl (C=O) groups is 4. The van der Waals surface area contributed by atoms with Gasteiger partial charge >= 0.3 is 17.6 Å². The Morgan fingerprint density at radius 2 is 1.97 bits per heavy atom. The lowest BCUT2D eigenvalue weighted by atomic mass is 9.96. The summed E-state index contributed by atoms with van der Waals surface area (Å²) in [5.41, 5.74) is -0.722. The van der Waals surface area contributed by atoms with E-state index in [2.05, 4.69) is 5.32 Å². The largest absolute Gasteiger partial charge is 0.805 e. The van der Waals surface area contributed by atoms with Crippen molar-refractivity contribution in [1.82, 2.24) is 14.9 Å². The number of amides is 2. The van der Waals surface area contributed by atoms with Crippen molar-refractivity contribution in [2.45, 2.75) is 55.8 Å². The van der Waals surface area contributed by atoms with Crippen LogP contribution in [0.15, 0.2) is 24.3 Å². The van der Waals surface area contributed by atoms with E-state index in [0.717, 1.165) is 0 Å². The van der Waals surface area contributed by atoms with Crippen LogP contribution in [-0.4, -0.2) is 67.3 Å². The number of carbonyl (C=O) groups excluding carboxylic acids is 3. The van der Waals surface area contributed by atoms with Gasteiger partial charge in [0.2, 0.25) is 11.8 Å². The predicted molar refractivity (Wildman–Crippen MR) is 124 cm³/mol. The molecule has 12 nitrogen and oxygen atoms in total. The Labute approximate surface area is 203 Å². The molecule has 0 spiro atoms. The molecule has 186 valence electrons.